The minimum atomic E-state index is -0.352. The van der Waals surface area contributed by atoms with Crippen LogP contribution in [0.4, 0.5) is 0 Å². The van der Waals surface area contributed by atoms with Gasteiger partial charge in [-0.05, 0) is 42.2 Å². The van der Waals surface area contributed by atoms with Gasteiger partial charge in [-0.1, -0.05) is 68.7 Å². The Labute approximate surface area is 167 Å². The SMILES string of the molecule is CCCCCCOc1ccc(C=C(C#N)C(=O)NCCc2ccccc2)cc1. The second kappa shape index (κ2) is 12.3. The summed E-state index contributed by atoms with van der Waals surface area (Å²) in [5.41, 5.74) is 2.05. The van der Waals surface area contributed by atoms with Gasteiger partial charge in [-0.25, -0.2) is 0 Å². The highest BCUT2D eigenvalue weighted by Crippen LogP contribution is 2.15. The normalized spacial score (nSPS) is 10.9. The number of amides is 1. The molecule has 1 amide bonds. The van der Waals surface area contributed by atoms with Crippen LogP contribution >= 0.6 is 0 Å². The fourth-order valence-electron chi connectivity index (χ4n) is 2.75. The molecule has 28 heavy (non-hydrogen) atoms. The summed E-state index contributed by atoms with van der Waals surface area (Å²) in [6, 6.07) is 19.4. The van der Waals surface area contributed by atoms with Crippen LogP contribution in [0.1, 0.15) is 43.7 Å². The van der Waals surface area contributed by atoms with Crippen LogP contribution < -0.4 is 10.1 Å². The molecule has 0 fully saturated rings. The van der Waals surface area contributed by atoms with E-state index in [2.05, 4.69) is 12.2 Å². The van der Waals surface area contributed by atoms with Crippen LogP contribution in [0.2, 0.25) is 0 Å². The van der Waals surface area contributed by atoms with Gasteiger partial charge in [0.15, 0.2) is 0 Å². The monoisotopic (exact) mass is 376 g/mol. The molecule has 4 nitrogen and oxygen atoms in total. The van der Waals surface area contributed by atoms with Crippen LogP contribution in [-0.4, -0.2) is 19.1 Å². The lowest BCUT2D eigenvalue weighted by Crippen LogP contribution is -2.26. The summed E-state index contributed by atoms with van der Waals surface area (Å²) < 4.78 is 5.72. The highest BCUT2D eigenvalue weighted by Gasteiger charge is 2.08. The number of ether oxygens (including phenoxy) is 1. The zero-order chi connectivity index (χ0) is 20.0. The summed E-state index contributed by atoms with van der Waals surface area (Å²) in [7, 11) is 0. The molecule has 0 aromatic heterocycles. The van der Waals surface area contributed by atoms with Crippen LogP contribution in [0.15, 0.2) is 60.2 Å². The molecule has 1 N–H and O–H groups in total. The molecule has 0 saturated carbocycles. The topological polar surface area (TPSA) is 62.1 Å². The standard InChI is InChI=1S/C24H28N2O2/c1-2-3-4-8-17-28-23-13-11-21(12-14-23)18-22(19-25)24(27)26-16-15-20-9-6-5-7-10-20/h5-7,9-14,18H,2-4,8,15-17H2,1H3,(H,26,27). The Morgan fingerprint density at radius 3 is 2.50 bits per heavy atom. The Hall–Kier alpha value is -3.06. The number of rotatable bonds is 11. The summed E-state index contributed by atoms with van der Waals surface area (Å²) in [5.74, 6) is 0.453. The third kappa shape index (κ3) is 7.67. The smallest absolute Gasteiger partial charge is 0.261 e. The van der Waals surface area contributed by atoms with Crippen LogP contribution in [0.25, 0.3) is 6.08 Å². The average Bonchev–Trinajstić information content (AvgIpc) is 2.73. The highest BCUT2D eigenvalue weighted by atomic mass is 16.5. The summed E-state index contributed by atoms with van der Waals surface area (Å²) in [4.78, 5) is 12.2. The van der Waals surface area contributed by atoms with E-state index >= 15 is 0 Å². The maximum absolute atomic E-state index is 12.2. The number of hydrogen-bond acceptors (Lipinski definition) is 3. The third-order valence-electron chi connectivity index (χ3n) is 4.36. The summed E-state index contributed by atoms with van der Waals surface area (Å²) in [5, 5.41) is 12.1. The van der Waals surface area contributed by atoms with Crippen molar-refractivity contribution in [1.29, 1.82) is 5.26 Å². The van der Waals surface area contributed by atoms with E-state index in [0.29, 0.717) is 13.2 Å². The molecule has 0 unspecified atom stereocenters. The van der Waals surface area contributed by atoms with E-state index in [1.807, 2.05) is 60.7 Å². The van der Waals surface area contributed by atoms with Gasteiger partial charge < -0.3 is 10.1 Å². The van der Waals surface area contributed by atoms with E-state index in [1.54, 1.807) is 6.08 Å². The Kier molecular flexibility index (Phi) is 9.37. The van der Waals surface area contributed by atoms with Gasteiger partial charge in [-0.3, -0.25) is 4.79 Å². The Balaban J connectivity index is 1.83. The van der Waals surface area contributed by atoms with Gasteiger partial charge in [0.25, 0.3) is 5.91 Å². The fraction of sp³-hybridized carbons (Fsp3) is 0.333. The number of nitriles is 1. The minimum Gasteiger partial charge on any atom is -0.494 e. The molecule has 0 aliphatic carbocycles. The average molecular weight is 377 g/mol. The van der Waals surface area contributed by atoms with E-state index in [-0.39, 0.29) is 11.5 Å². The molecule has 0 aliphatic rings. The van der Waals surface area contributed by atoms with Crippen LogP contribution in [0.5, 0.6) is 5.75 Å². The molecule has 0 heterocycles. The lowest BCUT2D eigenvalue weighted by atomic mass is 10.1. The molecule has 0 aliphatic heterocycles. The number of benzene rings is 2. The lowest BCUT2D eigenvalue weighted by molar-refractivity contribution is -0.117. The number of unbranched alkanes of at least 4 members (excludes halogenated alkanes) is 3. The number of nitrogens with one attached hydrogen (secondary N) is 1. The predicted molar refractivity (Wildman–Crippen MR) is 113 cm³/mol. The van der Waals surface area contributed by atoms with Gasteiger partial charge >= 0.3 is 0 Å². The molecule has 0 atom stereocenters. The first-order valence-corrected chi connectivity index (χ1v) is 9.89. The molecule has 0 radical (unpaired) electrons. The molecular weight excluding hydrogens is 348 g/mol. The van der Waals surface area contributed by atoms with Crippen molar-refractivity contribution >= 4 is 12.0 Å². The Morgan fingerprint density at radius 2 is 1.82 bits per heavy atom. The van der Waals surface area contributed by atoms with Crippen molar-refractivity contribution in [1.82, 2.24) is 5.32 Å². The molecule has 146 valence electrons. The van der Waals surface area contributed by atoms with Gasteiger partial charge in [-0.15, -0.1) is 0 Å². The van der Waals surface area contributed by atoms with E-state index < -0.39 is 0 Å². The second-order valence-corrected chi connectivity index (χ2v) is 6.64. The number of carbonyl (C=O) groups excluding carboxylic acids is 1. The van der Waals surface area contributed by atoms with E-state index in [4.69, 9.17) is 4.74 Å². The van der Waals surface area contributed by atoms with Crippen molar-refractivity contribution < 1.29 is 9.53 Å². The Bertz CT molecular complexity index is 790. The number of nitrogens with zero attached hydrogens (tertiary/aromatic N) is 1. The second-order valence-electron chi connectivity index (χ2n) is 6.64. The van der Waals surface area contributed by atoms with Crippen molar-refractivity contribution in [2.75, 3.05) is 13.2 Å². The molecule has 2 rings (SSSR count). The minimum absolute atomic E-state index is 0.0984. The van der Waals surface area contributed by atoms with Crippen molar-refractivity contribution in [2.24, 2.45) is 0 Å². The number of hydrogen-bond donors (Lipinski definition) is 1. The molecule has 2 aromatic rings. The fourth-order valence-corrected chi connectivity index (χ4v) is 2.75. The first kappa shape index (κ1) is 21.2. The van der Waals surface area contributed by atoms with Gasteiger partial charge in [0.1, 0.15) is 17.4 Å². The molecule has 0 bridgehead atoms. The molecular formula is C24H28N2O2. The molecule has 0 spiro atoms. The quantitative estimate of drug-likeness (QED) is 0.344. The van der Waals surface area contributed by atoms with E-state index in [1.165, 1.54) is 19.3 Å². The molecule has 0 saturated heterocycles. The first-order valence-electron chi connectivity index (χ1n) is 9.89. The predicted octanol–water partition coefficient (Wildman–Crippen LogP) is 4.91. The Morgan fingerprint density at radius 1 is 1.07 bits per heavy atom. The summed E-state index contributed by atoms with van der Waals surface area (Å²) in [6.07, 6.45) is 7.01. The van der Waals surface area contributed by atoms with E-state index in [9.17, 15) is 10.1 Å². The van der Waals surface area contributed by atoms with E-state index in [0.717, 1.165) is 29.7 Å². The van der Waals surface area contributed by atoms with Crippen molar-refractivity contribution in [2.45, 2.75) is 39.0 Å². The third-order valence-corrected chi connectivity index (χ3v) is 4.36. The van der Waals surface area contributed by atoms with Gasteiger partial charge in [-0.2, -0.15) is 5.26 Å². The highest BCUT2D eigenvalue weighted by molar-refractivity contribution is 6.01. The number of carbonyl (C=O) groups is 1. The molecule has 2 aromatic carbocycles. The lowest BCUT2D eigenvalue weighted by Gasteiger charge is -2.07. The largest absolute Gasteiger partial charge is 0.494 e. The zero-order valence-electron chi connectivity index (χ0n) is 16.5. The van der Waals surface area contributed by atoms with Crippen LogP contribution in [0.3, 0.4) is 0 Å². The summed E-state index contributed by atoms with van der Waals surface area (Å²) in [6.45, 7) is 3.39. The van der Waals surface area contributed by atoms with Crippen LogP contribution in [0, 0.1) is 11.3 Å². The van der Waals surface area contributed by atoms with Gasteiger partial charge in [0.2, 0.25) is 0 Å². The molecule has 4 heteroatoms. The maximum atomic E-state index is 12.2. The van der Waals surface area contributed by atoms with Crippen molar-refractivity contribution in [3.63, 3.8) is 0 Å². The first-order chi connectivity index (χ1) is 13.7. The zero-order valence-corrected chi connectivity index (χ0v) is 16.5. The maximum Gasteiger partial charge on any atom is 0.261 e. The van der Waals surface area contributed by atoms with Gasteiger partial charge in [0.05, 0.1) is 6.61 Å². The van der Waals surface area contributed by atoms with Crippen molar-refractivity contribution in [3.8, 4) is 11.8 Å². The van der Waals surface area contributed by atoms with Crippen LogP contribution in [-0.2, 0) is 11.2 Å². The van der Waals surface area contributed by atoms with Crippen molar-refractivity contribution in [3.05, 3.63) is 71.3 Å². The summed E-state index contributed by atoms with van der Waals surface area (Å²) >= 11 is 0. The van der Waals surface area contributed by atoms with Gasteiger partial charge in [0, 0.05) is 6.54 Å².